The molecule has 0 aliphatic carbocycles. The van der Waals surface area contributed by atoms with E-state index in [2.05, 4.69) is 10.6 Å². The molecule has 1 aromatic heterocycles. The van der Waals surface area contributed by atoms with Gasteiger partial charge in [0.05, 0.1) is 12.5 Å². The first-order valence-electron chi connectivity index (χ1n) is 5.93. The predicted molar refractivity (Wildman–Crippen MR) is 71.4 cm³/mol. The Bertz CT molecular complexity index is 506. The summed E-state index contributed by atoms with van der Waals surface area (Å²) in [6, 6.07) is 9.56. The maximum atomic E-state index is 11.3. The van der Waals surface area contributed by atoms with Gasteiger partial charge in [-0.3, -0.25) is 4.79 Å². The highest BCUT2D eigenvalue weighted by Crippen LogP contribution is 2.16. The van der Waals surface area contributed by atoms with Crippen molar-refractivity contribution in [3.05, 3.63) is 48.4 Å². The van der Waals surface area contributed by atoms with Gasteiger partial charge in [0, 0.05) is 29.9 Å². The number of amides is 1. The lowest BCUT2D eigenvalue weighted by molar-refractivity contribution is -0.115. The first-order chi connectivity index (χ1) is 8.78. The third-order valence-electron chi connectivity index (χ3n) is 2.54. The molecule has 1 heterocycles. The average molecular weight is 244 g/mol. The molecule has 0 saturated carbocycles. The van der Waals surface area contributed by atoms with Crippen molar-refractivity contribution in [3.8, 4) is 0 Å². The zero-order valence-electron chi connectivity index (χ0n) is 10.3. The third kappa shape index (κ3) is 3.38. The molecule has 0 unspecified atom stereocenters. The van der Waals surface area contributed by atoms with Crippen molar-refractivity contribution in [1.29, 1.82) is 0 Å². The summed E-state index contributed by atoms with van der Waals surface area (Å²) in [5.41, 5.74) is 2.85. The zero-order chi connectivity index (χ0) is 12.8. The van der Waals surface area contributed by atoms with Crippen LogP contribution in [0.1, 0.15) is 18.9 Å². The molecule has 2 rings (SSSR count). The van der Waals surface area contributed by atoms with Gasteiger partial charge in [-0.05, 0) is 24.3 Å². The summed E-state index contributed by atoms with van der Waals surface area (Å²) >= 11 is 0. The number of hydrogen-bond acceptors (Lipinski definition) is 3. The fourth-order valence-corrected chi connectivity index (χ4v) is 1.55. The van der Waals surface area contributed by atoms with Gasteiger partial charge in [-0.15, -0.1) is 0 Å². The molecular weight excluding hydrogens is 228 g/mol. The Morgan fingerprint density at radius 2 is 2.11 bits per heavy atom. The average Bonchev–Trinajstić information content (AvgIpc) is 2.90. The van der Waals surface area contributed by atoms with Gasteiger partial charge in [0.25, 0.3) is 0 Å². The van der Waals surface area contributed by atoms with Crippen molar-refractivity contribution < 1.29 is 9.21 Å². The monoisotopic (exact) mass is 244 g/mol. The lowest BCUT2D eigenvalue weighted by Gasteiger charge is -2.08. The van der Waals surface area contributed by atoms with E-state index >= 15 is 0 Å². The lowest BCUT2D eigenvalue weighted by Crippen LogP contribution is -2.09. The summed E-state index contributed by atoms with van der Waals surface area (Å²) in [4.78, 5) is 11.3. The van der Waals surface area contributed by atoms with Gasteiger partial charge in [0.1, 0.15) is 0 Å². The Kier molecular flexibility index (Phi) is 4.02. The van der Waals surface area contributed by atoms with Crippen LogP contribution in [0.2, 0.25) is 0 Å². The summed E-state index contributed by atoms with van der Waals surface area (Å²) in [5, 5.41) is 6.10. The smallest absolute Gasteiger partial charge is 0.224 e. The van der Waals surface area contributed by atoms with Crippen LogP contribution in [-0.4, -0.2) is 5.91 Å². The summed E-state index contributed by atoms with van der Waals surface area (Å²) < 4.78 is 5.00. The Morgan fingerprint density at radius 1 is 1.28 bits per heavy atom. The van der Waals surface area contributed by atoms with Gasteiger partial charge in [0.2, 0.25) is 5.91 Å². The number of furan rings is 1. The molecule has 0 aliphatic heterocycles. The van der Waals surface area contributed by atoms with E-state index in [9.17, 15) is 4.79 Å². The van der Waals surface area contributed by atoms with Crippen molar-refractivity contribution in [1.82, 2.24) is 0 Å². The van der Waals surface area contributed by atoms with Crippen LogP contribution in [0.3, 0.4) is 0 Å². The molecule has 18 heavy (non-hydrogen) atoms. The first kappa shape index (κ1) is 12.2. The molecule has 0 atom stereocenters. The SMILES string of the molecule is CCC(=O)Nc1cccc(NCc2ccoc2)c1. The largest absolute Gasteiger partial charge is 0.472 e. The Labute approximate surface area is 106 Å². The molecule has 4 heteroatoms. The second-order valence-electron chi connectivity index (χ2n) is 3.97. The molecule has 4 nitrogen and oxygen atoms in total. The van der Waals surface area contributed by atoms with Crippen molar-refractivity contribution in [3.63, 3.8) is 0 Å². The molecule has 0 saturated heterocycles. The van der Waals surface area contributed by atoms with E-state index in [4.69, 9.17) is 4.42 Å². The molecule has 0 fully saturated rings. The van der Waals surface area contributed by atoms with Crippen molar-refractivity contribution in [2.45, 2.75) is 19.9 Å². The van der Waals surface area contributed by atoms with Crippen LogP contribution in [0.15, 0.2) is 47.3 Å². The van der Waals surface area contributed by atoms with Crippen molar-refractivity contribution in [2.24, 2.45) is 0 Å². The van der Waals surface area contributed by atoms with Crippen LogP contribution < -0.4 is 10.6 Å². The number of anilines is 2. The summed E-state index contributed by atoms with van der Waals surface area (Å²) in [5.74, 6) is 0.0157. The molecule has 0 bridgehead atoms. The molecule has 1 aromatic carbocycles. The van der Waals surface area contributed by atoms with Crippen LogP contribution in [0, 0.1) is 0 Å². The minimum absolute atomic E-state index is 0.0157. The molecule has 0 radical (unpaired) electrons. The zero-order valence-corrected chi connectivity index (χ0v) is 10.3. The third-order valence-corrected chi connectivity index (χ3v) is 2.54. The topological polar surface area (TPSA) is 54.3 Å². The van der Waals surface area contributed by atoms with E-state index in [0.717, 1.165) is 16.9 Å². The van der Waals surface area contributed by atoms with Crippen LogP contribution in [0.5, 0.6) is 0 Å². The van der Waals surface area contributed by atoms with E-state index in [1.165, 1.54) is 0 Å². The van der Waals surface area contributed by atoms with E-state index < -0.39 is 0 Å². The van der Waals surface area contributed by atoms with Gasteiger partial charge < -0.3 is 15.1 Å². The molecular formula is C14H16N2O2. The molecule has 2 aromatic rings. The van der Waals surface area contributed by atoms with Crippen LogP contribution in [0.25, 0.3) is 0 Å². The second kappa shape index (κ2) is 5.91. The van der Waals surface area contributed by atoms with Gasteiger partial charge in [-0.2, -0.15) is 0 Å². The molecule has 0 aliphatic rings. The highest BCUT2D eigenvalue weighted by atomic mass is 16.3. The Hall–Kier alpha value is -2.23. The van der Waals surface area contributed by atoms with E-state index in [1.54, 1.807) is 12.5 Å². The standard InChI is InChI=1S/C14H16N2O2/c1-2-14(17)16-13-5-3-4-12(8-13)15-9-11-6-7-18-10-11/h3-8,10,15H,2,9H2,1H3,(H,16,17). The number of nitrogens with one attached hydrogen (secondary N) is 2. The van der Waals surface area contributed by atoms with Crippen molar-refractivity contribution in [2.75, 3.05) is 10.6 Å². The first-order valence-corrected chi connectivity index (χ1v) is 5.93. The maximum absolute atomic E-state index is 11.3. The lowest BCUT2D eigenvalue weighted by atomic mass is 10.2. The molecule has 1 amide bonds. The van der Waals surface area contributed by atoms with Crippen LogP contribution >= 0.6 is 0 Å². The molecule has 0 spiro atoms. The minimum Gasteiger partial charge on any atom is -0.472 e. The Balaban J connectivity index is 1.96. The van der Waals surface area contributed by atoms with Gasteiger partial charge >= 0.3 is 0 Å². The van der Waals surface area contributed by atoms with Gasteiger partial charge in [0.15, 0.2) is 0 Å². The van der Waals surface area contributed by atoms with Crippen molar-refractivity contribution >= 4 is 17.3 Å². The molecule has 94 valence electrons. The number of rotatable bonds is 5. The van der Waals surface area contributed by atoms with E-state index in [1.807, 2.05) is 37.3 Å². The molecule has 2 N–H and O–H groups in total. The summed E-state index contributed by atoms with van der Waals surface area (Å²) in [6.45, 7) is 2.53. The number of carbonyl (C=O) groups is 1. The normalized spacial score (nSPS) is 10.1. The highest BCUT2D eigenvalue weighted by molar-refractivity contribution is 5.90. The Morgan fingerprint density at radius 3 is 2.83 bits per heavy atom. The number of hydrogen-bond donors (Lipinski definition) is 2. The van der Waals surface area contributed by atoms with Crippen LogP contribution in [0.4, 0.5) is 11.4 Å². The number of carbonyl (C=O) groups excluding carboxylic acids is 1. The van der Waals surface area contributed by atoms with Gasteiger partial charge in [-0.1, -0.05) is 13.0 Å². The van der Waals surface area contributed by atoms with E-state index in [0.29, 0.717) is 13.0 Å². The summed E-state index contributed by atoms with van der Waals surface area (Å²) in [7, 11) is 0. The minimum atomic E-state index is 0.0157. The van der Waals surface area contributed by atoms with Crippen LogP contribution in [-0.2, 0) is 11.3 Å². The fourth-order valence-electron chi connectivity index (χ4n) is 1.55. The quantitative estimate of drug-likeness (QED) is 0.849. The fraction of sp³-hybridized carbons (Fsp3) is 0.214. The number of benzene rings is 1. The summed E-state index contributed by atoms with van der Waals surface area (Å²) in [6.07, 6.45) is 3.83. The predicted octanol–water partition coefficient (Wildman–Crippen LogP) is 3.24. The van der Waals surface area contributed by atoms with Gasteiger partial charge in [-0.25, -0.2) is 0 Å². The van der Waals surface area contributed by atoms with E-state index in [-0.39, 0.29) is 5.91 Å². The highest BCUT2D eigenvalue weighted by Gasteiger charge is 2.00. The maximum Gasteiger partial charge on any atom is 0.224 e. The second-order valence-corrected chi connectivity index (χ2v) is 3.97.